The Labute approximate surface area is 142 Å². The second-order valence-corrected chi connectivity index (χ2v) is 6.63. The Morgan fingerprint density at radius 3 is 2.83 bits per heavy atom. The summed E-state index contributed by atoms with van der Waals surface area (Å²) in [7, 11) is 3.38. The lowest BCUT2D eigenvalue weighted by atomic mass is 10.0. The van der Waals surface area contributed by atoms with Gasteiger partial charge in [0.15, 0.2) is 5.69 Å². The Bertz CT molecular complexity index is 769. The van der Waals surface area contributed by atoms with E-state index in [2.05, 4.69) is 26.1 Å². The van der Waals surface area contributed by atoms with Crippen molar-refractivity contribution in [2.45, 2.75) is 13.0 Å². The molecule has 1 N–H and O–H groups in total. The van der Waals surface area contributed by atoms with Gasteiger partial charge in [-0.15, -0.1) is 0 Å². The Morgan fingerprint density at radius 1 is 1.35 bits per heavy atom. The van der Waals surface area contributed by atoms with Crippen molar-refractivity contribution < 1.29 is 9.59 Å². The maximum Gasteiger partial charge on any atom is 0.274 e. The fourth-order valence-corrected chi connectivity index (χ4v) is 3.06. The van der Waals surface area contributed by atoms with Crippen LogP contribution in [0.3, 0.4) is 0 Å². The third kappa shape index (κ3) is 3.01. The van der Waals surface area contributed by atoms with Crippen LogP contribution in [0.4, 0.5) is 0 Å². The Balaban J connectivity index is 1.86. The maximum absolute atomic E-state index is 12.7. The van der Waals surface area contributed by atoms with Crippen molar-refractivity contribution in [2.75, 3.05) is 20.6 Å². The van der Waals surface area contributed by atoms with Gasteiger partial charge >= 0.3 is 0 Å². The molecule has 0 saturated carbocycles. The lowest BCUT2D eigenvalue weighted by molar-refractivity contribution is 0.0726. The molecule has 3 rings (SSSR count). The van der Waals surface area contributed by atoms with Gasteiger partial charge in [0.25, 0.3) is 11.8 Å². The van der Waals surface area contributed by atoms with Gasteiger partial charge in [-0.3, -0.25) is 14.7 Å². The van der Waals surface area contributed by atoms with Gasteiger partial charge in [-0.25, -0.2) is 0 Å². The normalized spacial score (nSPS) is 13.6. The number of carbonyl (C=O) groups is 2. The highest BCUT2D eigenvalue weighted by Crippen LogP contribution is 2.23. The van der Waals surface area contributed by atoms with Gasteiger partial charge < -0.3 is 9.80 Å². The number of hydrogen-bond donors (Lipinski definition) is 1. The van der Waals surface area contributed by atoms with Gasteiger partial charge in [0.05, 0.1) is 6.54 Å². The van der Waals surface area contributed by atoms with E-state index < -0.39 is 0 Å². The van der Waals surface area contributed by atoms with Crippen LogP contribution in [0.1, 0.15) is 32.1 Å². The Kier molecular flexibility index (Phi) is 4.21. The summed E-state index contributed by atoms with van der Waals surface area (Å²) in [6.07, 6.45) is 0.669. The molecular weight excluding hydrogens is 360 g/mol. The summed E-state index contributed by atoms with van der Waals surface area (Å²) >= 11 is 3.38. The minimum Gasteiger partial charge on any atom is -0.343 e. The van der Waals surface area contributed by atoms with Crippen molar-refractivity contribution in [1.29, 1.82) is 0 Å². The van der Waals surface area contributed by atoms with Crippen molar-refractivity contribution in [1.82, 2.24) is 20.0 Å². The highest BCUT2D eigenvalue weighted by molar-refractivity contribution is 9.10. The first-order chi connectivity index (χ1) is 11.0. The van der Waals surface area contributed by atoms with Gasteiger partial charge in [-0.2, -0.15) is 5.10 Å². The lowest BCUT2D eigenvalue weighted by Crippen LogP contribution is -2.36. The van der Waals surface area contributed by atoms with E-state index in [1.165, 1.54) is 4.90 Å². The highest BCUT2D eigenvalue weighted by atomic mass is 79.9. The molecule has 0 spiro atoms. The fraction of sp³-hybridized carbons (Fsp3) is 0.312. The van der Waals surface area contributed by atoms with Crippen LogP contribution in [-0.2, 0) is 13.0 Å². The number of hydrogen-bond acceptors (Lipinski definition) is 3. The monoisotopic (exact) mass is 376 g/mol. The van der Waals surface area contributed by atoms with E-state index in [1.54, 1.807) is 31.1 Å². The van der Waals surface area contributed by atoms with Crippen LogP contribution in [0.15, 0.2) is 28.7 Å². The number of fused-ring (bicyclic) bond motifs is 1. The zero-order valence-electron chi connectivity index (χ0n) is 13.0. The molecule has 0 unspecified atom stereocenters. The summed E-state index contributed by atoms with van der Waals surface area (Å²) in [6, 6.07) is 7.32. The average Bonchev–Trinajstić information content (AvgIpc) is 2.96. The Hall–Kier alpha value is -2.15. The molecule has 0 radical (unpaired) electrons. The molecular formula is C16H17BrN4O2. The second kappa shape index (κ2) is 6.16. The molecule has 120 valence electrons. The van der Waals surface area contributed by atoms with Crippen molar-refractivity contribution in [2.24, 2.45) is 0 Å². The van der Waals surface area contributed by atoms with Crippen LogP contribution in [0.5, 0.6) is 0 Å². The second-order valence-electron chi connectivity index (χ2n) is 5.72. The van der Waals surface area contributed by atoms with Crippen molar-refractivity contribution in [3.63, 3.8) is 0 Å². The molecule has 23 heavy (non-hydrogen) atoms. The van der Waals surface area contributed by atoms with Gasteiger partial charge in [-0.1, -0.05) is 22.0 Å². The smallest absolute Gasteiger partial charge is 0.274 e. The van der Waals surface area contributed by atoms with E-state index in [0.29, 0.717) is 30.8 Å². The maximum atomic E-state index is 12.7. The minimum atomic E-state index is -0.153. The predicted molar refractivity (Wildman–Crippen MR) is 89.2 cm³/mol. The summed E-state index contributed by atoms with van der Waals surface area (Å²) in [6.45, 7) is 1.00. The van der Waals surface area contributed by atoms with Gasteiger partial charge in [-0.05, 0) is 18.2 Å². The van der Waals surface area contributed by atoms with E-state index >= 15 is 0 Å². The van der Waals surface area contributed by atoms with Crippen molar-refractivity contribution in [3.8, 4) is 0 Å². The first-order valence-corrected chi connectivity index (χ1v) is 8.09. The number of aromatic nitrogens is 2. The summed E-state index contributed by atoms with van der Waals surface area (Å²) in [5, 5.41) is 7.07. The van der Waals surface area contributed by atoms with Gasteiger partial charge in [0.1, 0.15) is 0 Å². The van der Waals surface area contributed by atoms with Crippen LogP contribution in [0, 0.1) is 0 Å². The summed E-state index contributed by atoms with van der Waals surface area (Å²) < 4.78 is 0.868. The van der Waals surface area contributed by atoms with Crippen LogP contribution in [0.2, 0.25) is 0 Å². The van der Waals surface area contributed by atoms with E-state index in [1.807, 2.05) is 12.1 Å². The quantitative estimate of drug-likeness (QED) is 0.871. The standard InChI is InChI=1S/C16H17BrN4O2/c1-20(2)16(23)14-12-9-21(7-6-13(12)18-19-14)15(22)10-4-3-5-11(17)8-10/h3-5,8H,6-7,9H2,1-2H3,(H,18,19). The first-order valence-electron chi connectivity index (χ1n) is 7.30. The SMILES string of the molecule is CN(C)C(=O)c1n[nH]c2c1CN(C(=O)c1cccc(Br)c1)CC2. The molecule has 0 atom stereocenters. The molecule has 2 amide bonds. The number of benzene rings is 1. The zero-order valence-corrected chi connectivity index (χ0v) is 14.6. The number of nitrogens with one attached hydrogen (secondary N) is 1. The molecule has 1 aromatic heterocycles. The number of H-pyrrole nitrogens is 1. The predicted octanol–water partition coefficient (Wildman–Crippen LogP) is 2.07. The third-order valence-electron chi connectivity index (χ3n) is 3.90. The van der Waals surface area contributed by atoms with Crippen LogP contribution >= 0.6 is 15.9 Å². The molecule has 0 bridgehead atoms. The third-order valence-corrected chi connectivity index (χ3v) is 4.39. The van der Waals surface area contributed by atoms with E-state index in [9.17, 15) is 9.59 Å². The van der Waals surface area contributed by atoms with E-state index in [4.69, 9.17) is 0 Å². The molecule has 1 aliphatic rings. The molecule has 2 aromatic rings. The number of halogens is 1. The number of nitrogens with zero attached hydrogens (tertiary/aromatic N) is 3. The highest BCUT2D eigenvalue weighted by Gasteiger charge is 2.28. The Morgan fingerprint density at radius 2 is 2.13 bits per heavy atom. The number of aromatic amines is 1. The molecule has 2 heterocycles. The lowest BCUT2D eigenvalue weighted by Gasteiger charge is -2.27. The molecule has 0 aliphatic carbocycles. The fourth-order valence-electron chi connectivity index (χ4n) is 2.66. The van der Waals surface area contributed by atoms with E-state index in [-0.39, 0.29) is 11.8 Å². The molecule has 1 aromatic carbocycles. The molecule has 1 aliphatic heterocycles. The largest absolute Gasteiger partial charge is 0.343 e. The van der Waals surface area contributed by atoms with Crippen molar-refractivity contribution in [3.05, 3.63) is 51.3 Å². The summed E-state index contributed by atoms with van der Waals surface area (Å²) in [4.78, 5) is 28.1. The first kappa shape index (κ1) is 15.7. The van der Waals surface area contributed by atoms with Crippen molar-refractivity contribution >= 4 is 27.7 Å². The molecule has 0 fully saturated rings. The number of carbonyl (C=O) groups excluding carboxylic acids is 2. The number of amides is 2. The number of rotatable bonds is 2. The summed E-state index contributed by atoms with van der Waals surface area (Å²) in [5.74, 6) is -0.194. The van der Waals surface area contributed by atoms with E-state index in [0.717, 1.165) is 15.7 Å². The average molecular weight is 377 g/mol. The molecule has 7 heteroatoms. The van der Waals surface area contributed by atoms with Crippen LogP contribution in [-0.4, -0.2) is 52.5 Å². The molecule has 0 saturated heterocycles. The topological polar surface area (TPSA) is 69.3 Å². The van der Waals surface area contributed by atoms with Crippen LogP contribution < -0.4 is 0 Å². The van der Waals surface area contributed by atoms with Gasteiger partial charge in [0, 0.05) is 48.4 Å². The van der Waals surface area contributed by atoms with Gasteiger partial charge in [0.2, 0.25) is 0 Å². The van der Waals surface area contributed by atoms with Crippen LogP contribution in [0.25, 0.3) is 0 Å². The minimum absolute atomic E-state index is 0.0404. The summed E-state index contributed by atoms with van der Waals surface area (Å²) in [5.41, 5.74) is 2.79. The zero-order chi connectivity index (χ0) is 16.6. The molecule has 6 nitrogen and oxygen atoms in total.